The Morgan fingerprint density at radius 3 is 2.87 bits per heavy atom. The summed E-state index contributed by atoms with van der Waals surface area (Å²) in [6, 6.07) is 7.70. The van der Waals surface area contributed by atoms with E-state index in [9.17, 15) is 4.79 Å². The largest absolute Gasteiger partial charge is 0.337 e. The van der Waals surface area contributed by atoms with E-state index in [0.29, 0.717) is 18.1 Å². The number of rotatable bonds is 4. The van der Waals surface area contributed by atoms with Crippen LogP contribution >= 0.6 is 15.9 Å². The first-order valence-electron chi connectivity index (χ1n) is 8.08. The normalized spacial score (nSPS) is 18.2. The molecule has 2 heterocycles. The van der Waals surface area contributed by atoms with Crippen molar-refractivity contribution in [3.05, 3.63) is 34.6 Å². The van der Waals surface area contributed by atoms with Crippen molar-refractivity contribution in [1.82, 2.24) is 15.0 Å². The van der Waals surface area contributed by atoms with E-state index < -0.39 is 0 Å². The summed E-state index contributed by atoms with van der Waals surface area (Å²) in [6.45, 7) is 2.80. The Kier molecular flexibility index (Phi) is 5.10. The molecule has 1 unspecified atom stereocenters. The summed E-state index contributed by atoms with van der Waals surface area (Å²) < 4.78 is 6.49. The number of carbonyl (C=O) groups excluding carboxylic acids is 1. The third-order valence-electron chi connectivity index (χ3n) is 4.12. The van der Waals surface area contributed by atoms with Gasteiger partial charge in [-0.3, -0.25) is 4.79 Å². The topological polar surface area (TPSA) is 59.2 Å². The van der Waals surface area contributed by atoms with E-state index in [-0.39, 0.29) is 11.9 Å². The number of aromatic nitrogens is 2. The van der Waals surface area contributed by atoms with Gasteiger partial charge in [0.2, 0.25) is 17.6 Å². The molecule has 122 valence electrons. The highest BCUT2D eigenvalue weighted by molar-refractivity contribution is 9.10. The quantitative estimate of drug-likeness (QED) is 0.794. The van der Waals surface area contributed by atoms with Gasteiger partial charge in [-0.1, -0.05) is 28.0 Å². The van der Waals surface area contributed by atoms with Crippen LogP contribution < -0.4 is 0 Å². The lowest BCUT2D eigenvalue weighted by Gasteiger charge is -2.33. The summed E-state index contributed by atoms with van der Waals surface area (Å²) in [5.74, 6) is 1.30. The molecule has 0 aliphatic carbocycles. The summed E-state index contributed by atoms with van der Waals surface area (Å²) in [6.07, 6.45) is 4.44. The molecule has 0 spiro atoms. The van der Waals surface area contributed by atoms with E-state index in [4.69, 9.17) is 4.52 Å². The van der Waals surface area contributed by atoms with Crippen molar-refractivity contribution in [2.45, 2.75) is 45.1 Å². The maximum absolute atomic E-state index is 12.3. The Hall–Kier alpha value is -1.69. The summed E-state index contributed by atoms with van der Waals surface area (Å²) in [5, 5.41) is 4.09. The van der Waals surface area contributed by atoms with Gasteiger partial charge in [-0.05, 0) is 49.9 Å². The Balaban J connectivity index is 1.82. The molecule has 1 fully saturated rings. The summed E-state index contributed by atoms with van der Waals surface area (Å²) in [7, 11) is 0. The third-order valence-corrected chi connectivity index (χ3v) is 4.64. The predicted octanol–water partition coefficient (Wildman–Crippen LogP) is 4.35. The van der Waals surface area contributed by atoms with Gasteiger partial charge in [-0.15, -0.1) is 0 Å². The Bertz CT molecular complexity index is 669. The van der Waals surface area contributed by atoms with Gasteiger partial charge in [0, 0.05) is 23.0 Å². The monoisotopic (exact) mass is 377 g/mol. The minimum atomic E-state index is -0.0838. The zero-order valence-corrected chi connectivity index (χ0v) is 14.8. The van der Waals surface area contributed by atoms with E-state index in [0.717, 1.165) is 42.3 Å². The van der Waals surface area contributed by atoms with Crippen molar-refractivity contribution >= 4 is 21.8 Å². The molecule has 6 heteroatoms. The van der Waals surface area contributed by atoms with Crippen LogP contribution in [0.4, 0.5) is 0 Å². The van der Waals surface area contributed by atoms with Crippen molar-refractivity contribution in [1.29, 1.82) is 0 Å². The highest BCUT2D eigenvalue weighted by Gasteiger charge is 2.31. The molecular weight excluding hydrogens is 358 g/mol. The number of hydrogen-bond acceptors (Lipinski definition) is 4. The van der Waals surface area contributed by atoms with Crippen LogP contribution in [0.3, 0.4) is 0 Å². The van der Waals surface area contributed by atoms with Crippen LogP contribution in [0.1, 0.15) is 51.0 Å². The van der Waals surface area contributed by atoms with Crippen LogP contribution in [-0.2, 0) is 4.79 Å². The van der Waals surface area contributed by atoms with Gasteiger partial charge in [-0.25, -0.2) is 0 Å². The van der Waals surface area contributed by atoms with Crippen LogP contribution in [0, 0.1) is 0 Å². The summed E-state index contributed by atoms with van der Waals surface area (Å²) >= 11 is 3.42. The second kappa shape index (κ2) is 7.25. The second-order valence-electron chi connectivity index (χ2n) is 5.81. The fraction of sp³-hybridized carbons (Fsp3) is 0.471. The summed E-state index contributed by atoms with van der Waals surface area (Å²) in [4.78, 5) is 18.8. The van der Waals surface area contributed by atoms with Gasteiger partial charge in [0.05, 0.1) is 0 Å². The average molecular weight is 378 g/mol. The van der Waals surface area contributed by atoms with Gasteiger partial charge in [-0.2, -0.15) is 4.98 Å². The molecular formula is C17H20BrN3O2. The van der Waals surface area contributed by atoms with Crippen LogP contribution in [0.2, 0.25) is 0 Å². The number of amides is 1. The summed E-state index contributed by atoms with van der Waals surface area (Å²) in [5.41, 5.74) is 0.908. The van der Waals surface area contributed by atoms with E-state index in [1.54, 1.807) is 0 Å². The number of benzene rings is 1. The molecule has 1 saturated heterocycles. The molecule has 1 aliphatic heterocycles. The lowest BCUT2D eigenvalue weighted by atomic mass is 10.0. The molecule has 3 rings (SSSR count). The Morgan fingerprint density at radius 2 is 2.13 bits per heavy atom. The molecule has 0 saturated carbocycles. The molecule has 1 aliphatic rings. The van der Waals surface area contributed by atoms with E-state index >= 15 is 0 Å². The lowest BCUT2D eigenvalue weighted by molar-refractivity contribution is -0.135. The zero-order chi connectivity index (χ0) is 16.2. The van der Waals surface area contributed by atoms with Crippen molar-refractivity contribution in [3.8, 4) is 11.4 Å². The Labute approximate surface area is 144 Å². The van der Waals surface area contributed by atoms with Crippen molar-refractivity contribution < 1.29 is 9.32 Å². The third kappa shape index (κ3) is 3.63. The van der Waals surface area contributed by atoms with Crippen LogP contribution in [0.25, 0.3) is 11.4 Å². The van der Waals surface area contributed by atoms with Crippen LogP contribution in [0.15, 0.2) is 33.3 Å². The Morgan fingerprint density at radius 1 is 1.35 bits per heavy atom. The van der Waals surface area contributed by atoms with Gasteiger partial charge < -0.3 is 9.42 Å². The zero-order valence-electron chi connectivity index (χ0n) is 13.2. The maximum Gasteiger partial charge on any atom is 0.249 e. The lowest BCUT2D eigenvalue weighted by Crippen LogP contribution is -2.38. The van der Waals surface area contributed by atoms with E-state index in [1.165, 1.54) is 0 Å². The first-order valence-corrected chi connectivity index (χ1v) is 8.87. The highest BCUT2D eigenvalue weighted by atomic mass is 79.9. The number of hydrogen-bond donors (Lipinski definition) is 0. The van der Waals surface area contributed by atoms with Gasteiger partial charge in [0.1, 0.15) is 6.04 Å². The van der Waals surface area contributed by atoms with E-state index in [1.807, 2.05) is 36.1 Å². The molecule has 1 aromatic heterocycles. The molecule has 0 bridgehead atoms. The molecule has 0 radical (unpaired) electrons. The first kappa shape index (κ1) is 16.2. The predicted molar refractivity (Wildman–Crippen MR) is 90.6 cm³/mol. The fourth-order valence-electron chi connectivity index (χ4n) is 2.93. The first-order chi connectivity index (χ1) is 11.2. The van der Waals surface area contributed by atoms with Crippen molar-refractivity contribution in [3.63, 3.8) is 0 Å². The number of piperidine rings is 1. The average Bonchev–Trinajstić information content (AvgIpc) is 3.05. The van der Waals surface area contributed by atoms with Crippen LogP contribution in [0.5, 0.6) is 0 Å². The second-order valence-corrected chi connectivity index (χ2v) is 6.73. The van der Waals surface area contributed by atoms with Crippen LogP contribution in [-0.4, -0.2) is 27.5 Å². The minimum Gasteiger partial charge on any atom is -0.337 e. The SMILES string of the molecule is CCCC(=O)N1CCCCC1c1nc(-c2ccc(Br)cc2)no1. The number of carbonyl (C=O) groups is 1. The molecule has 23 heavy (non-hydrogen) atoms. The highest BCUT2D eigenvalue weighted by Crippen LogP contribution is 2.31. The maximum atomic E-state index is 12.3. The molecule has 1 atom stereocenters. The number of nitrogens with zero attached hydrogens (tertiary/aromatic N) is 3. The van der Waals surface area contributed by atoms with Gasteiger partial charge in [0.15, 0.2) is 0 Å². The number of halogens is 1. The molecule has 0 N–H and O–H groups in total. The van der Waals surface area contributed by atoms with Crippen molar-refractivity contribution in [2.24, 2.45) is 0 Å². The van der Waals surface area contributed by atoms with Gasteiger partial charge >= 0.3 is 0 Å². The number of likely N-dealkylation sites (tertiary alicyclic amines) is 1. The van der Waals surface area contributed by atoms with Gasteiger partial charge in [0.25, 0.3) is 0 Å². The van der Waals surface area contributed by atoms with E-state index in [2.05, 4.69) is 26.1 Å². The van der Waals surface area contributed by atoms with Crippen molar-refractivity contribution in [2.75, 3.05) is 6.54 Å². The molecule has 1 amide bonds. The molecule has 2 aromatic rings. The minimum absolute atomic E-state index is 0.0838. The fourth-order valence-corrected chi connectivity index (χ4v) is 3.20. The smallest absolute Gasteiger partial charge is 0.249 e. The standard InChI is InChI=1S/C17H20BrN3O2/c1-2-5-15(22)21-11-4-3-6-14(21)17-19-16(20-23-17)12-7-9-13(18)10-8-12/h7-10,14H,2-6,11H2,1H3. The molecule has 5 nitrogen and oxygen atoms in total. The molecule has 1 aromatic carbocycles.